The van der Waals surface area contributed by atoms with Gasteiger partial charge in [-0.2, -0.15) is 0 Å². The molecule has 3 heteroatoms. The van der Waals surface area contributed by atoms with Crippen LogP contribution in [-0.2, 0) is 39.8 Å². The molecule has 65 valence electrons. The molecule has 0 fully saturated rings. The summed E-state index contributed by atoms with van der Waals surface area (Å²) in [5.41, 5.74) is 1.15. The van der Waals surface area contributed by atoms with Gasteiger partial charge in [0.1, 0.15) is 0 Å². The van der Waals surface area contributed by atoms with E-state index in [-0.39, 0.29) is 32.7 Å². The van der Waals surface area contributed by atoms with Crippen LogP contribution in [-0.4, -0.2) is 11.7 Å². The minimum atomic E-state index is 0. The van der Waals surface area contributed by atoms with E-state index >= 15 is 0 Å². The number of aryl methyl sites for hydroxylation is 1. The summed E-state index contributed by atoms with van der Waals surface area (Å²) in [5, 5.41) is 1.12. The molecule has 0 N–H and O–H groups in total. The van der Waals surface area contributed by atoms with Crippen molar-refractivity contribution in [3.05, 3.63) is 30.5 Å². The molecule has 13 heavy (non-hydrogen) atoms. The van der Waals surface area contributed by atoms with Crippen LogP contribution in [0, 0.1) is 6.07 Å². The fourth-order valence-electron chi connectivity index (χ4n) is 1.29. The molecule has 0 aliphatic heterocycles. The number of benzene rings is 1. The molecule has 0 aliphatic carbocycles. The molecular formula is C10H10NOY-. The third kappa shape index (κ3) is 1.95. The van der Waals surface area contributed by atoms with Gasteiger partial charge in [-0.1, -0.05) is 6.07 Å². The molecule has 2 aromatic rings. The van der Waals surface area contributed by atoms with Crippen LogP contribution in [0.5, 0.6) is 5.75 Å². The first-order chi connectivity index (χ1) is 5.81. The van der Waals surface area contributed by atoms with Gasteiger partial charge in [0.05, 0.1) is 7.11 Å². The van der Waals surface area contributed by atoms with Crippen molar-refractivity contribution in [3.8, 4) is 5.75 Å². The fraction of sp³-hybridized carbons (Fsp3) is 0.200. The number of fused-ring (bicyclic) bond motifs is 1. The van der Waals surface area contributed by atoms with E-state index in [9.17, 15) is 0 Å². The zero-order valence-electron chi connectivity index (χ0n) is 7.74. The van der Waals surface area contributed by atoms with E-state index in [1.807, 2.05) is 36.0 Å². The van der Waals surface area contributed by atoms with Gasteiger partial charge in [-0.3, -0.25) is 0 Å². The van der Waals surface area contributed by atoms with Crippen LogP contribution in [0.4, 0.5) is 0 Å². The standard InChI is InChI=1S/C10H10NO.Y/c1-11-6-5-8-3-4-9(12-2)7-10(8)11;/h4-7H,1-2H3;/q-1;. The van der Waals surface area contributed by atoms with Crippen LogP contribution in [0.25, 0.3) is 10.9 Å². The Morgan fingerprint density at radius 1 is 1.46 bits per heavy atom. The summed E-state index contributed by atoms with van der Waals surface area (Å²) < 4.78 is 7.15. The van der Waals surface area contributed by atoms with Gasteiger partial charge >= 0.3 is 0 Å². The number of rotatable bonds is 1. The molecule has 0 saturated carbocycles. The van der Waals surface area contributed by atoms with Crippen molar-refractivity contribution in [2.75, 3.05) is 7.11 Å². The molecule has 0 atom stereocenters. The summed E-state index contributed by atoms with van der Waals surface area (Å²) in [4.78, 5) is 0. The number of ether oxygens (including phenoxy) is 1. The van der Waals surface area contributed by atoms with Gasteiger partial charge < -0.3 is 9.30 Å². The van der Waals surface area contributed by atoms with Crippen molar-refractivity contribution < 1.29 is 37.4 Å². The second-order valence-corrected chi connectivity index (χ2v) is 2.77. The smallest absolute Gasteiger partial charge is 0.0647 e. The van der Waals surface area contributed by atoms with E-state index < -0.39 is 0 Å². The van der Waals surface area contributed by atoms with Crippen molar-refractivity contribution in [1.82, 2.24) is 4.57 Å². The first-order valence-corrected chi connectivity index (χ1v) is 3.82. The second kappa shape index (κ2) is 4.25. The number of hydrogen-bond acceptors (Lipinski definition) is 1. The molecule has 2 nitrogen and oxygen atoms in total. The van der Waals surface area contributed by atoms with Crippen molar-refractivity contribution >= 4 is 10.9 Å². The van der Waals surface area contributed by atoms with Crippen molar-refractivity contribution in [2.24, 2.45) is 7.05 Å². The summed E-state index contributed by atoms with van der Waals surface area (Å²) in [5.74, 6) is 0.851. The molecule has 0 aliphatic rings. The zero-order chi connectivity index (χ0) is 8.55. The van der Waals surface area contributed by atoms with Gasteiger partial charge in [-0.25, -0.2) is 0 Å². The Labute approximate surface area is 103 Å². The predicted molar refractivity (Wildman–Crippen MR) is 48.3 cm³/mol. The van der Waals surface area contributed by atoms with E-state index in [1.165, 1.54) is 0 Å². The molecule has 0 unspecified atom stereocenters. The van der Waals surface area contributed by atoms with Crippen molar-refractivity contribution in [3.63, 3.8) is 0 Å². The normalized spacial score (nSPS) is 9.69. The van der Waals surface area contributed by atoms with Crippen molar-refractivity contribution in [1.29, 1.82) is 0 Å². The van der Waals surface area contributed by atoms with E-state index in [2.05, 4.69) is 6.07 Å². The summed E-state index contributed by atoms with van der Waals surface area (Å²) in [7, 11) is 3.67. The van der Waals surface area contributed by atoms with Crippen molar-refractivity contribution in [2.45, 2.75) is 0 Å². The summed E-state index contributed by atoms with van der Waals surface area (Å²) in [6, 6.07) is 9.04. The minimum Gasteiger partial charge on any atom is -0.540 e. The van der Waals surface area contributed by atoms with Crippen LogP contribution < -0.4 is 4.74 Å². The molecule has 1 heterocycles. The van der Waals surface area contributed by atoms with E-state index in [4.69, 9.17) is 4.74 Å². The quantitative estimate of drug-likeness (QED) is 0.705. The van der Waals surface area contributed by atoms with Gasteiger partial charge in [0.15, 0.2) is 0 Å². The maximum Gasteiger partial charge on any atom is 0.0647 e. The Morgan fingerprint density at radius 2 is 2.23 bits per heavy atom. The van der Waals surface area contributed by atoms with Crippen LogP contribution >= 0.6 is 0 Å². The molecule has 0 saturated heterocycles. The molecule has 0 amide bonds. The number of methoxy groups -OCH3 is 1. The minimum absolute atomic E-state index is 0. The summed E-state index contributed by atoms with van der Waals surface area (Å²) in [6.07, 6.45) is 2.01. The van der Waals surface area contributed by atoms with Gasteiger partial charge in [-0.05, 0) is 11.7 Å². The maximum atomic E-state index is 5.10. The molecule has 2 rings (SSSR count). The number of nitrogens with zero attached hydrogens (tertiary/aromatic N) is 1. The Kier molecular flexibility index (Phi) is 3.51. The predicted octanol–water partition coefficient (Wildman–Crippen LogP) is 1.98. The first-order valence-electron chi connectivity index (χ1n) is 3.82. The molecular weight excluding hydrogens is 239 g/mol. The van der Waals surface area contributed by atoms with E-state index in [0.717, 1.165) is 16.7 Å². The largest absolute Gasteiger partial charge is 0.540 e. The SMILES string of the molecule is COc1c[c-]c2ccn(C)c2c1.[Y]. The van der Waals surface area contributed by atoms with E-state index in [1.54, 1.807) is 7.11 Å². The fourth-order valence-corrected chi connectivity index (χ4v) is 1.29. The van der Waals surface area contributed by atoms with Gasteiger partial charge in [0, 0.05) is 45.5 Å². The average molecular weight is 249 g/mol. The molecule has 0 spiro atoms. The first kappa shape index (κ1) is 10.7. The van der Waals surface area contributed by atoms with Crippen LogP contribution in [0.3, 0.4) is 0 Å². The molecule has 1 aromatic carbocycles. The maximum absolute atomic E-state index is 5.10. The Hall–Kier alpha value is -0.336. The van der Waals surface area contributed by atoms with Crippen LogP contribution in [0.15, 0.2) is 24.4 Å². The monoisotopic (exact) mass is 249 g/mol. The summed E-state index contributed by atoms with van der Waals surface area (Å²) >= 11 is 0. The van der Waals surface area contributed by atoms with Crippen LogP contribution in [0.2, 0.25) is 0 Å². The number of aromatic nitrogens is 1. The Bertz CT molecular complexity index is 408. The Balaban J connectivity index is 0.000000845. The zero-order valence-corrected chi connectivity index (χ0v) is 10.6. The molecule has 1 radical (unpaired) electrons. The van der Waals surface area contributed by atoms with Gasteiger partial charge in [0.25, 0.3) is 0 Å². The summed E-state index contributed by atoms with van der Waals surface area (Å²) in [6.45, 7) is 0. The average Bonchev–Trinajstić information content (AvgIpc) is 2.47. The molecule has 1 aromatic heterocycles. The van der Waals surface area contributed by atoms with Crippen LogP contribution in [0.1, 0.15) is 0 Å². The number of hydrogen-bond donors (Lipinski definition) is 0. The third-order valence-electron chi connectivity index (χ3n) is 2.01. The van der Waals surface area contributed by atoms with Gasteiger partial charge in [0.2, 0.25) is 0 Å². The topological polar surface area (TPSA) is 14.2 Å². The molecule has 0 bridgehead atoms. The Morgan fingerprint density at radius 3 is 2.92 bits per heavy atom. The van der Waals surface area contributed by atoms with Gasteiger partial charge in [-0.15, -0.1) is 23.6 Å². The third-order valence-corrected chi connectivity index (χ3v) is 2.01. The van der Waals surface area contributed by atoms with E-state index in [0.29, 0.717) is 0 Å². The second-order valence-electron chi connectivity index (χ2n) is 2.77.